The molecule has 1 aliphatic heterocycles. The molecule has 166 valence electrons. The van der Waals surface area contributed by atoms with Gasteiger partial charge < -0.3 is 4.90 Å². The summed E-state index contributed by atoms with van der Waals surface area (Å²) in [6, 6.07) is 3.28. The molecule has 4 rings (SSSR count). The highest BCUT2D eigenvalue weighted by Crippen LogP contribution is 2.32. The molecule has 0 spiro atoms. The molecule has 1 N–H and O–H groups in total. The summed E-state index contributed by atoms with van der Waals surface area (Å²) in [5.74, 6) is 1.03. The largest absolute Gasteiger partial charge is 0.342 e. The maximum atomic E-state index is 12.8. The van der Waals surface area contributed by atoms with E-state index < -0.39 is 0 Å². The van der Waals surface area contributed by atoms with Crippen molar-refractivity contribution in [2.24, 2.45) is 5.92 Å². The second-order valence-electron chi connectivity index (χ2n) is 8.22. The normalized spacial score (nSPS) is 18.1. The summed E-state index contributed by atoms with van der Waals surface area (Å²) < 4.78 is 0. The number of hydrogen-bond acceptors (Lipinski definition) is 7. The molecule has 31 heavy (non-hydrogen) atoms. The van der Waals surface area contributed by atoms with E-state index in [4.69, 9.17) is 11.6 Å². The molecule has 0 aromatic carbocycles. The number of hydrazine groups is 1. The Bertz CT molecular complexity index is 907. The number of rotatable bonds is 5. The van der Waals surface area contributed by atoms with Gasteiger partial charge in [-0.3, -0.25) is 20.0 Å². The van der Waals surface area contributed by atoms with E-state index in [1.165, 1.54) is 35.6 Å². The zero-order valence-corrected chi connectivity index (χ0v) is 19.2. The molecule has 2 aliphatic rings. The summed E-state index contributed by atoms with van der Waals surface area (Å²) in [5, 5.41) is 12.2. The zero-order chi connectivity index (χ0) is 21.8. The van der Waals surface area contributed by atoms with E-state index in [1.807, 2.05) is 4.90 Å². The minimum atomic E-state index is -0.299. The molecule has 2 aromatic heterocycles. The minimum absolute atomic E-state index is 0.225. The lowest BCUT2D eigenvalue weighted by atomic mass is 9.87. The number of anilines is 1. The third kappa shape index (κ3) is 5.33. The lowest BCUT2D eigenvalue weighted by molar-refractivity contribution is -0.137. The van der Waals surface area contributed by atoms with E-state index in [9.17, 15) is 9.59 Å². The van der Waals surface area contributed by atoms with Crippen LogP contribution in [0.25, 0.3) is 0 Å². The highest BCUT2D eigenvalue weighted by molar-refractivity contribution is 7.09. The first-order chi connectivity index (χ1) is 15.0. The molecular formula is C21H27ClN6O2S. The van der Waals surface area contributed by atoms with Gasteiger partial charge in [-0.15, -0.1) is 21.5 Å². The van der Waals surface area contributed by atoms with Gasteiger partial charge in [0.1, 0.15) is 5.69 Å². The number of carbonyl (C=O) groups excluding carboxylic acids is 2. The van der Waals surface area contributed by atoms with Crippen LogP contribution >= 0.6 is 22.9 Å². The maximum Gasteiger partial charge on any atom is 0.289 e. The lowest BCUT2D eigenvalue weighted by Crippen LogP contribution is -2.42. The number of hydrogen-bond donors (Lipinski definition) is 1. The Balaban J connectivity index is 1.30. The molecule has 0 atom stereocenters. The van der Waals surface area contributed by atoms with Crippen molar-refractivity contribution in [1.29, 1.82) is 0 Å². The predicted molar refractivity (Wildman–Crippen MR) is 120 cm³/mol. The molecule has 2 fully saturated rings. The molecule has 1 saturated heterocycles. The Kier molecular flexibility index (Phi) is 7.02. The van der Waals surface area contributed by atoms with Gasteiger partial charge in [-0.25, -0.2) is 4.98 Å². The first-order valence-electron chi connectivity index (χ1n) is 10.8. The fourth-order valence-electron chi connectivity index (χ4n) is 4.29. The average molecular weight is 463 g/mol. The van der Waals surface area contributed by atoms with Gasteiger partial charge in [-0.2, -0.15) is 0 Å². The van der Waals surface area contributed by atoms with Crippen LogP contribution < -0.4 is 10.4 Å². The number of likely N-dealkylation sites (tertiary alicyclic amines) is 1. The summed E-state index contributed by atoms with van der Waals surface area (Å²) in [6.45, 7) is 1.55. The van der Waals surface area contributed by atoms with Gasteiger partial charge in [0, 0.05) is 37.4 Å². The maximum absolute atomic E-state index is 12.8. The third-order valence-electron chi connectivity index (χ3n) is 6.10. The van der Waals surface area contributed by atoms with Crippen molar-refractivity contribution in [2.75, 3.05) is 25.1 Å². The fraction of sp³-hybridized carbons (Fsp3) is 0.571. The van der Waals surface area contributed by atoms with Crippen molar-refractivity contribution < 1.29 is 9.59 Å². The number of nitrogens with one attached hydrogen (secondary N) is 1. The van der Waals surface area contributed by atoms with Gasteiger partial charge >= 0.3 is 0 Å². The number of carbonyl (C=O) groups is 2. The Morgan fingerprint density at radius 3 is 2.55 bits per heavy atom. The van der Waals surface area contributed by atoms with E-state index in [2.05, 4.69) is 20.6 Å². The first-order valence-corrected chi connectivity index (χ1v) is 12.0. The van der Waals surface area contributed by atoms with Gasteiger partial charge in [0.15, 0.2) is 11.0 Å². The van der Waals surface area contributed by atoms with Crippen molar-refractivity contribution in [2.45, 2.75) is 50.9 Å². The van der Waals surface area contributed by atoms with Crippen molar-refractivity contribution >= 4 is 40.6 Å². The van der Waals surface area contributed by atoms with Crippen molar-refractivity contribution in [3.63, 3.8) is 0 Å². The Hall–Kier alpha value is -2.26. The highest BCUT2D eigenvalue weighted by Gasteiger charge is 2.30. The fourth-order valence-corrected chi connectivity index (χ4v) is 5.36. The van der Waals surface area contributed by atoms with Crippen molar-refractivity contribution in [3.8, 4) is 0 Å². The van der Waals surface area contributed by atoms with Crippen LogP contribution in [0.3, 0.4) is 0 Å². The monoisotopic (exact) mass is 462 g/mol. The molecule has 3 heterocycles. The summed E-state index contributed by atoms with van der Waals surface area (Å²) >= 11 is 7.26. The topological polar surface area (TPSA) is 91.3 Å². The van der Waals surface area contributed by atoms with Crippen LogP contribution in [-0.4, -0.2) is 52.0 Å². The summed E-state index contributed by atoms with van der Waals surface area (Å²) in [7, 11) is 1.68. The average Bonchev–Trinajstić information content (AvgIpc) is 3.30. The summed E-state index contributed by atoms with van der Waals surface area (Å²) in [5.41, 5.74) is 3.13. The van der Waals surface area contributed by atoms with Crippen molar-refractivity contribution in [3.05, 3.63) is 33.4 Å². The Labute approximate surface area is 191 Å². The van der Waals surface area contributed by atoms with Gasteiger partial charge in [0.05, 0.1) is 5.01 Å². The van der Waals surface area contributed by atoms with Gasteiger partial charge in [-0.05, 0) is 37.8 Å². The number of nitrogens with zero attached hydrogens (tertiary/aromatic N) is 5. The zero-order valence-electron chi connectivity index (χ0n) is 17.6. The molecule has 10 heteroatoms. The van der Waals surface area contributed by atoms with E-state index in [0.29, 0.717) is 28.5 Å². The van der Waals surface area contributed by atoms with Crippen LogP contribution in [0.4, 0.5) is 5.82 Å². The predicted octanol–water partition coefficient (Wildman–Crippen LogP) is 3.65. The summed E-state index contributed by atoms with van der Waals surface area (Å²) in [4.78, 5) is 31.9. The standard InChI is InChI=1S/C21H27ClN6O2S/c1-27(18-8-7-17(22)24-25-18)26-19(29)16-13-31-20(23-16)14-9-11-28(12-10-14)21(30)15-5-3-2-4-6-15/h7-8,13-15H,2-6,9-12H2,1H3,(H,26,29). The van der Waals surface area contributed by atoms with Crippen LogP contribution in [0, 0.1) is 5.92 Å². The molecule has 2 amide bonds. The Morgan fingerprint density at radius 1 is 1.13 bits per heavy atom. The highest BCUT2D eigenvalue weighted by atomic mass is 35.5. The van der Waals surface area contributed by atoms with E-state index in [-0.39, 0.29) is 11.8 Å². The van der Waals surface area contributed by atoms with Crippen LogP contribution in [0.5, 0.6) is 0 Å². The number of halogens is 1. The second-order valence-corrected chi connectivity index (χ2v) is 9.50. The lowest BCUT2D eigenvalue weighted by Gasteiger charge is -2.34. The molecule has 1 aliphatic carbocycles. The number of piperidine rings is 1. The quantitative estimate of drug-likeness (QED) is 0.682. The molecule has 0 radical (unpaired) electrons. The molecule has 8 nitrogen and oxygen atoms in total. The van der Waals surface area contributed by atoms with Crippen molar-refractivity contribution in [1.82, 2.24) is 25.5 Å². The molecule has 0 bridgehead atoms. The second kappa shape index (κ2) is 9.91. The minimum Gasteiger partial charge on any atom is -0.342 e. The molecular weight excluding hydrogens is 436 g/mol. The van der Waals surface area contributed by atoms with Crippen LogP contribution in [-0.2, 0) is 4.79 Å². The SMILES string of the molecule is CN(NC(=O)c1csc(C2CCN(C(=O)C3CCCCC3)CC2)n1)c1ccc(Cl)nn1. The van der Waals surface area contributed by atoms with Gasteiger partial charge in [0.25, 0.3) is 5.91 Å². The van der Waals surface area contributed by atoms with Crippen LogP contribution in [0.2, 0.25) is 5.15 Å². The molecule has 2 aromatic rings. The number of aromatic nitrogens is 3. The smallest absolute Gasteiger partial charge is 0.289 e. The Morgan fingerprint density at radius 2 is 1.87 bits per heavy atom. The number of thiazole rings is 1. The van der Waals surface area contributed by atoms with E-state index in [1.54, 1.807) is 24.6 Å². The van der Waals surface area contributed by atoms with Gasteiger partial charge in [0.2, 0.25) is 5.91 Å². The molecule has 1 saturated carbocycles. The van der Waals surface area contributed by atoms with Gasteiger partial charge in [-0.1, -0.05) is 30.9 Å². The van der Waals surface area contributed by atoms with E-state index in [0.717, 1.165) is 43.8 Å². The first kappa shape index (κ1) is 22.0. The third-order valence-corrected chi connectivity index (χ3v) is 7.30. The number of amides is 2. The van der Waals surface area contributed by atoms with E-state index >= 15 is 0 Å². The van der Waals surface area contributed by atoms with Crippen LogP contribution in [0.1, 0.15) is 66.4 Å². The molecule has 0 unspecified atom stereocenters. The van der Waals surface area contributed by atoms with Crippen LogP contribution in [0.15, 0.2) is 17.5 Å². The summed E-state index contributed by atoms with van der Waals surface area (Å²) in [6.07, 6.45) is 7.49.